The molecule has 1 fully saturated rings. The molecule has 0 atom stereocenters. The minimum atomic E-state index is -3.65. The van der Waals surface area contributed by atoms with Crippen molar-refractivity contribution >= 4 is 15.7 Å². The minimum absolute atomic E-state index is 0.148. The van der Waals surface area contributed by atoms with Crippen molar-refractivity contribution < 1.29 is 8.42 Å². The molecule has 6 heteroatoms. The third-order valence-corrected chi connectivity index (χ3v) is 6.55. The van der Waals surface area contributed by atoms with Crippen molar-refractivity contribution in [3.63, 3.8) is 0 Å². The zero-order valence-electron chi connectivity index (χ0n) is 14.9. The first kappa shape index (κ1) is 18.4. The number of nitrogens with zero attached hydrogens (tertiary/aromatic N) is 3. The van der Waals surface area contributed by atoms with Crippen molar-refractivity contribution in [3.8, 4) is 6.07 Å². The summed E-state index contributed by atoms with van der Waals surface area (Å²) in [7, 11) is -2.07. The molecule has 1 heterocycles. The van der Waals surface area contributed by atoms with E-state index in [0.29, 0.717) is 12.1 Å². The van der Waals surface area contributed by atoms with Gasteiger partial charge in [-0.05, 0) is 49.1 Å². The first-order valence-corrected chi connectivity index (χ1v) is 10.3. The summed E-state index contributed by atoms with van der Waals surface area (Å²) in [5.41, 5.74) is 2.45. The largest absolute Gasteiger partial charge is 0.371 e. The van der Waals surface area contributed by atoms with E-state index < -0.39 is 10.0 Å². The van der Waals surface area contributed by atoms with Gasteiger partial charge in [0.2, 0.25) is 10.0 Å². The SMILES string of the molecule is CN(Cc1ccccc1N1CCCCC1)S(=O)(=O)c1cccc(C#N)c1. The topological polar surface area (TPSA) is 64.4 Å². The normalized spacial score (nSPS) is 15.0. The van der Waals surface area contributed by atoms with Gasteiger partial charge in [-0.25, -0.2) is 8.42 Å². The minimum Gasteiger partial charge on any atom is -0.371 e. The van der Waals surface area contributed by atoms with Crippen molar-refractivity contribution in [2.24, 2.45) is 0 Å². The number of para-hydroxylation sites is 1. The number of sulfonamides is 1. The molecule has 3 rings (SSSR count). The van der Waals surface area contributed by atoms with Crippen molar-refractivity contribution in [1.29, 1.82) is 5.26 Å². The number of benzene rings is 2. The summed E-state index contributed by atoms with van der Waals surface area (Å²) in [5, 5.41) is 9.02. The molecule has 5 nitrogen and oxygen atoms in total. The van der Waals surface area contributed by atoms with Crippen LogP contribution in [0.5, 0.6) is 0 Å². The Labute approximate surface area is 155 Å². The summed E-state index contributed by atoms with van der Waals surface area (Å²) in [6, 6.07) is 16.1. The molecule has 1 saturated heterocycles. The van der Waals surface area contributed by atoms with Gasteiger partial charge in [0.15, 0.2) is 0 Å². The highest BCUT2D eigenvalue weighted by Crippen LogP contribution is 2.26. The van der Waals surface area contributed by atoms with Crippen molar-refractivity contribution in [3.05, 3.63) is 59.7 Å². The Balaban J connectivity index is 1.85. The van der Waals surface area contributed by atoms with Crippen LogP contribution in [0.1, 0.15) is 30.4 Å². The molecule has 1 aliphatic heterocycles. The lowest BCUT2D eigenvalue weighted by Gasteiger charge is -2.31. The maximum absolute atomic E-state index is 12.9. The Morgan fingerprint density at radius 2 is 1.81 bits per heavy atom. The second-order valence-corrected chi connectivity index (χ2v) is 8.62. The van der Waals surface area contributed by atoms with Crippen molar-refractivity contribution in [2.45, 2.75) is 30.7 Å². The van der Waals surface area contributed by atoms with Gasteiger partial charge in [-0.1, -0.05) is 24.3 Å². The molecule has 1 aliphatic rings. The molecule has 0 bridgehead atoms. The molecule has 0 unspecified atom stereocenters. The van der Waals surface area contributed by atoms with Crippen LogP contribution in [-0.4, -0.2) is 32.9 Å². The summed E-state index contributed by atoms with van der Waals surface area (Å²) in [6.07, 6.45) is 3.59. The van der Waals surface area contributed by atoms with E-state index in [1.807, 2.05) is 24.3 Å². The summed E-state index contributed by atoms with van der Waals surface area (Å²) in [4.78, 5) is 2.49. The van der Waals surface area contributed by atoms with Crippen LogP contribution < -0.4 is 4.90 Å². The van der Waals surface area contributed by atoms with E-state index in [1.165, 1.54) is 35.7 Å². The molecule has 0 N–H and O–H groups in total. The van der Waals surface area contributed by atoms with E-state index >= 15 is 0 Å². The summed E-state index contributed by atoms with van der Waals surface area (Å²) >= 11 is 0. The predicted molar refractivity (Wildman–Crippen MR) is 102 cm³/mol. The Bertz CT molecular complexity index is 913. The van der Waals surface area contributed by atoms with E-state index in [-0.39, 0.29) is 4.90 Å². The summed E-state index contributed by atoms with van der Waals surface area (Å²) < 4.78 is 27.1. The highest BCUT2D eigenvalue weighted by atomic mass is 32.2. The first-order chi connectivity index (χ1) is 12.5. The van der Waals surface area contributed by atoms with Crippen LogP contribution in [0.15, 0.2) is 53.4 Å². The van der Waals surface area contributed by atoms with Crippen LogP contribution in [-0.2, 0) is 16.6 Å². The fraction of sp³-hybridized carbons (Fsp3) is 0.350. The van der Waals surface area contributed by atoms with Crippen LogP contribution in [0.2, 0.25) is 0 Å². The van der Waals surface area contributed by atoms with Crippen LogP contribution in [0.3, 0.4) is 0 Å². The number of rotatable bonds is 5. The summed E-state index contributed by atoms with van der Waals surface area (Å²) in [6.45, 7) is 2.32. The average Bonchev–Trinajstić information content (AvgIpc) is 2.69. The Morgan fingerprint density at radius 3 is 2.54 bits per heavy atom. The van der Waals surface area contributed by atoms with Gasteiger partial charge in [0.05, 0.1) is 16.5 Å². The fourth-order valence-electron chi connectivity index (χ4n) is 3.32. The van der Waals surface area contributed by atoms with E-state index in [2.05, 4.69) is 11.0 Å². The van der Waals surface area contributed by atoms with Gasteiger partial charge in [-0.3, -0.25) is 0 Å². The van der Waals surface area contributed by atoms with E-state index in [1.54, 1.807) is 19.2 Å². The maximum atomic E-state index is 12.9. The zero-order chi connectivity index (χ0) is 18.6. The molecule has 136 valence electrons. The van der Waals surface area contributed by atoms with E-state index in [9.17, 15) is 8.42 Å². The van der Waals surface area contributed by atoms with Crippen LogP contribution in [0, 0.1) is 11.3 Å². The molecular formula is C20H23N3O2S. The van der Waals surface area contributed by atoms with Gasteiger partial charge < -0.3 is 4.90 Å². The third-order valence-electron chi connectivity index (χ3n) is 4.75. The van der Waals surface area contributed by atoms with Gasteiger partial charge in [-0.15, -0.1) is 0 Å². The lowest BCUT2D eigenvalue weighted by atomic mass is 10.1. The molecular weight excluding hydrogens is 346 g/mol. The Morgan fingerprint density at radius 1 is 1.08 bits per heavy atom. The van der Waals surface area contributed by atoms with Crippen LogP contribution in [0.25, 0.3) is 0 Å². The molecule has 26 heavy (non-hydrogen) atoms. The molecule has 0 aliphatic carbocycles. The number of hydrogen-bond donors (Lipinski definition) is 0. The van der Waals surface area contributed by atoms with Gasteiger partial charge in [0.1, 0.15) is 0 Å². The average molecular weight is 369 g/mol. The number of hydrogen-bond acceptors (Lipinski definition) is 4. The molecule has 0 spiro atoms. The monoisotopic (exact) mass is 369 g/mol. The Hall–Kier alpha value is -2.36. The number of piperidine rings is 1. The van der Waals surface area contributed by atoms with Crippen molar-refractivity contribution in [1.82, 2.24) is 4.31 Å². The lowest BCUT2D eigenvalue weighted by molar-refractivity contribution is 0.465. The molecule has 2 aromatic rings. The quantitative estimate of drug-likeness (QED) is 0.810. The van der Waals surface area contributed by atoms with Gasteiger partial charge in [0.25, 0.3) is 0 Å². The summed E-state index contributed by atoms with van der Waals surface area (Å²) in [5.74, 6) is 0. The lowest BCUT2D eigenvalue weighted by Crippen LogP contribution is -2.32. The fourth-order valence-corrected chi connectivity index (χ4v) is 4.51. The van der Waals surface area contributed by atoms with Gasteiger partial charge >= 0.3 is 0 Å². The van der Waals surface area contributed by atoms with Gasteiger partial charge in [0, 0.05) is 32.4 Å². The zero-order valence-corrected chi connectivity index (χ0v) is 15.7. The van der Waals surface area contributed by atoms with Gasteiger partial charge in [-0.2, -0.15) is 9.57 Å². The standard InChI is InChI=1S/C20H23N3O2S/c1-22(26(24,25)19-10-7-8-17(14-19)15-21)16-18-9-3-4-11-20(18)23-12-5-2-6-13-23/h3-4,7-11,14H,2,5-6,12-13,16H2,1H3. The maximum Gasteiger partial charge on any atom is 0.243 e. The smallest absolute Gasteiger partial charge is 0.243 e. The van der Waals surface area contributed by atoms with Crippen LogP contribution >= 0.6 is 0 Å². The van der Waals surface area contributed by atoms with Crippen molar-refractivity contribution in [2.75, 3.05) is 25.0 Å². The second-order valence-electron chi connectivity index (χ2n) is 6.58. The number of nitriles is 1. The Kier molecular flexibility index (Phi) is 5.60. The second kappa shape index (κ2) is 7.90. The van der Waals surface area contributed by atoms with Crippen LogP contribution in [0.4, 0.5) is 5.69 Å². The highest BCUT2D eigenvalue weighted by molar-refractivity contribution is 7.89. The molecule has 2 aromatic carbocycles. The molecule has 0 amide bonds. The molecule has 0 radical (unpaired) electrons. The first-order valence-electron chi connectivity index (χ1n) is 8.82. The molecule has 0 saturated carbocycles. The highest BCUT2D eigenvalue weighted by Gasteiger charge is 2.23. The predicted octanol–water partition coefficient (Wildman–Crippen LogP) is 3.37. The third kappa shape index (κ3) is 3.90. The van der Waals surface area contributed by atoms with E-state index in [0.717, 1.165) is 24.3 Å². The number of anilines is 1. The van der Waals surface area contributed by atoms with E-state index in [4.69, 9.17) is 5.26 Å². The molecule has 0 aromatic heterocycles.